The van der Waals surface area contributed by atoms with Crippen LogP contribution in [0.5, 0.6) is 17.2 Å². The topological polar surface area (TPSA) is 105 Å². The number of pyridine rings is 1. The Morgan fingerprint density at radius 3 is 2.31 bits per heavy atom. The number of carbonyl (C=O) groups excluding carboxylic acids is 2. The largest absolute Gasteiger partial charge is 0.488 e. The molecule has 1 saturated carbocycles. The number of hydrogen-bond acceptors (Lipinski definition) is 6. The van der Waals surface area contributed by atoms with Gasteiger partial charge >= 0.3 is 6.03 Å². The zero-order valence-electron chi connectivity index (χ0n) is 21.5. The molecular formula is C28H29F2N5O4. The van der Waals surface area contributed by atoms with Crippen LogP contribution in [0.15, 0.2) is 60.8 Å². The molecule has 9 nitrogen and oxygen atoms in total. The van der Waals surface area contributed by atoms with E-state index in [0.717, 1.165) is 19.8 Å². The van der Waals surface area contributed by atoms with Gasteiger partial charge in [0.2, 0.25) is 5.91 Å². The SMILES string of the molecule is CN1CC(Oc2cc(NC(=O)Nc3ccc(Oc4ccnc(NC(=O)C5CC5)c4)cc3)cc(C(C)(F)F)c2)C1. The zero-order chi connectivity index (χ0) is 27.6. The van der Waals surface area contributed by atoms with Gasteiger partial charge in [-0.3, -0.25) is 9.69 Å². The van der Waals surface area contributed by atoms with Crippen LogP contribution >= 0.6 is 0 Å². The highest BCUT2D eigenvalue weighted by atomic mass is 19.3. The molecule has 1 aromatic heterocycles. The summed E-state index contributed by atoms with van der Waals surface area (Å²) in [4.78, 5) is 30.8. The van der Waals surface area contributed by atoms with Crippen LogP contribution in [0.2, 0.25) is 0 Å². The van der Waals surface area contributed by atoms with E-state index in [2.05, 4.69) is 25.8 Å². The minimum atomic E-state index is -3.10. The molecule has 3 aromatic rings. The van der Waals surface area contributed by atoms with Crippen LogP contribution in [0.3, 0.4) is 0 Å². The quantitative estimate of drug-likeness (QED) is 0.325. The number of rotatable bonds is 9. The van der Waals surface area contributed by atoms with Gasteiger partial charge in [0, 0.05) is 61.2 Å². The van der Waals surface area contributed by atoms with Crippen molar-refractivity contribution in [3.8, 4) is 17.2 Å². The summed E-state index contributed by atoms with van der Waals surface area (Å²) in [6.45, 7) is 2.21. The van der Waals surface area contributed by atoms with Crippen molar-refractivity contribution in [2.24, 2.45) is 5.92 Å². The van der Waals surface area contributed by atoms with Crippen LogP contribution in [0.4, 0.5) is 30.8 Å². The minimum absolute atomic E-state index is 0.0431. The first-order valence-electron chi connectivity index (χ1n) is 12.6. The van der Waals surface area contributed by atoms with E-state index in [0.29, 0.717) is 36.1 Å². The number of likely N-dealkylation sites (N-methyl/N-ethyl adjacent to an activating group) is 1. The van der Waals surface area contributed by atoms with Crippen molar-refractivity contribution in [1.29, 1.82) is 0 Å². The Bertz CT molecular complexity index is 1350. The first kappa shape index (κ1) is 26.4. The molecule has 0 bridgehead atoms. The molecule has 5 rings (SSSR count). The van der Waals surface area contributed by atoms with E-state index in [1.165, 1.54) is 18.2 Å². The fourth-order valence-corrected chi connectivity index (χ4v) is 4.05. The van der Waals surface area contributed by atoms with Crippen LogP contribution in [0.25, 0.3) is 0 Å². The summed E-state index contributed by atoms with van der Waals surface area (Å²) in [5.41, 5.74) is 0.408. The zero-order valence-corrected chi connectivity index (χ0v) is 21.5. The maximum absolute atomic E-state index is 14.1. The van der Waals surface area contributed by atoms with E-state index in [9.17, 15) is 18.4 Å². The predicted octanol–water partition coefficient (Wildman–Crippen LogP) is 5.67. The third kappa shape index (κ3) is 7.20. The number of halogens is 2. The summed E-state index contributed by atoms with van der Waals surface area (Å²) < 4.78 is 39.8. The lowest BCUT2D eigenvalue weighted by Gasteiger charge is -2.36. The van der Waals surface area contributed by atoms with Crippen LogP contribution in [0.1, 0.15) is 25.3 Å². The van der Waals surface area contributed by atoms with Gasteiger partial charge in [-0.2, -0.15) is 0 Å². The molecule has 2 heterocycles. The van der Waals surface area contributed by atoms with Crippen molar-refractivity contribution in [3.05, 3.63) is 66.4 Å². The molecule has 11 heteroatoms. The van der Waals surface area contributed by atoms with Gasteiger partial charge in [-0.15, -0.1) is 0 Å². The van der Waals surface area contributed by atoms with Crippen molar-refractivity contribution >= 4 is 29.1 Å². The molecule has 0 spiro atoms. The Hall–Kier alpha value is -4.25. The number of likely N-dealkylation sites (tertiary alicyclic amines) is 1. The average molecular weight is 538 g/mol. The second kappa shape index (κ2) is 10.9. The van der Waals surface area contributed by atoms with E-state index < -0.39 is 12.0 Å². The highest BCUT2D eigenvalue weighted by molar-refractivity contribution is 6.00. The van der Waals surface area contributed by atoms with Gasteiger partial charge < -0.3 is 25.4 Å². The van der Waals surface area contributed by atoms with E-state index in [1.807, 2.05) is 7.05 Å². The smallest absolute Gasteiger partial charge is 0.323 e. The molecule has 1 aliphatic heterocycles. The molecule has 1 saturated heterocycles. The first-order chi connectivity index (χ1) is 18.6. The number of hydrogen-bond donors (Lipinski definition) is 3. The van der Waals surface area contributed by atoms with Crippen molar-refractivity contribution in [3.63, 3.8) is 0 Å². The molecule has 0 atom stereocenters. The number of alkyl halides is 2. The van der Waals surface area contributed by atoms with Gasteiger partial charge in [-0.1, -0.05) is 0 Å². The number of carbonyl (C=O) groups is 2. The molecule has 1 aliphatic carbocycles. The van der Waals surface area contributed by atoms with Gasteiger partial charge in [-0.05, 0) is 62.4 Å². The van der Waals surface area contributed by atoms with Crippen LogP contribution in [-0.2, 0) is 10.7 Å². The fourth-order valence-electron chi connectivity index (χ4n) is 4.05. The number of urea groups is 1. The monoisotopic (exact) mass is 537 g/mol. The number of ether oxygens (including phenoxy) is 2. The Kier molecular flexibility index (Phi) is 7.34. The Labute approximate surface area is 224 Å². The molecule has 0 unspecified atom stereocenters. The summed E-state index contributed by atoms with van der Waals surface area (Å²) >= 11 is 0. The average Bonchev–Trinajstić information content (AvgIpc) is 3.70. The molecule has 3 N–H and O–H groups in total. The molecule has 39 heavy (non-hydrogen) atoms. The fraction of sp³-hybridized carbons (Fsp3) is 0.321. The van der Waals surface area contributed by atoms with Crippen LogP contribution in [0, 0.1) is 5.92 Å². The Balaban J connectivity index is 1.19. The number of benzene rings is 2. The summed E-state index contributed by atoms with van der Waals surface area (Å²) in [5.74, 6) is -1.39. The number of anilines is 3. The highest BCUT2D eigenvalue weighted by Crippen LogP contribution is 2.34. The van der Waals surface area contributed by atoms with Gasteiger partial charge in [-0.25, -0.2) is 18.6 Å². The maximum atomic E-state index is 14.1. The molecule has 204 valence electrons. The second-order valence-electron chi connectivity index (χ2n) is 9.94. The van der Waals surface area contributed by atoms with Gasteiger partial charge in [0.05, 0.1) is 0 Å². The lowest BCUT2D eigenvalue weighted by atomic mass is 10.1. The van der Waals surface area contributed by atoms with E-state index in [1.54, 1.807) is 42.6 Å². The third-order valence-corrected chi connectivity index (χ3v) is 6.28. The van der Waals surface area contributed by atoms with Crippen LogP contribution in [-0.4, -0.2) is 48.1 Å². The van der Waals surface area contributed by atoms with Gasteiger partial charge in [0.15, 0.2) is 0 Å². The highest BCUT2D eigenvalue weighted by Gasteiger charge is 2.30. The summed E-state index contributed by atoms with van der Waals surface area (Å²) in [6.07, 6.45) is 3.26. The van der Waals surface area contributed by atoms with E-state index in [-0.39, 0.29) is 34.9 Å². The second-order valence-corrected chi connectivity index (χ2v) is 9.94. The number of nitrogens with one attached hydrogen (secondary N) is 3. The number of aromatic nitrogens is 1. The normalized spacial score (nSPS) is 15.7. The molecule has 2 aromatic carbocycles. The minimum Gasteiger partial charge on any atom is -0.488 e. The van der Waals surface area contributed by atoms with E-state index in [4.69, 9.17) is 9.47 Å². The third-order valence-electron chi connectivity index (χ3n) is 6.28. The van der Waals surface area contributed by atoms with Gasteiger partial charge in [0.1, 0.15) is 29.2 Å². The lowest BCUT2D eigenvalue weighted by molar-refractivity contribution is -0.117. The number of amides is 3. The first-order valence-corrected chi connectivity index (χ1v) is 12.6. The molecular weight excluding hydrogens is 508 g/mol. The predicted molar refractivity (Wildman–Crippen MR) is 143 cm³/mol. The lowest BCUT2D eigenvalue weighted by Crippen LogP contribution is -2.51. The van der Waals surface area contributed by atoms with Crippen LogP contribution < -0.4 is 25.4 Å². The molecule has 3 amide bonds. The summed E-state index contributed by atoms with van der Waals surface area (Å²) in [5, 5.41) is 8.06. The van der Waals surface area contributed by atoms with Crippen molar-refractivity contribution < 1.29 is 27.8 Å². The van der Waals surface area contributed by atoms with Crippen molar-refractivity contribution in [2.45, 2.75) is 31.8 Å². The standard InChI is InChI=1S/C28H29F2N5O4/c1-28(29,30)18-11-20(13-23(12-18)39-24-15-35(2)16-24)33-27(37)32-19-5-7-21(8-6-19)38-22-9-10-31-25(14-22)34-26(36)17-3-4-17/h5-14,17,24H,3-4,15-16H2,1-2H3,(H,31,34,36)(H2,32,33,37). The van der Waals surface area contributed by atoms with Crippen molar-refractivity contribution in [2.75, 3.05) is 36.1 Å². The molecule has 0 radical (unpaired) electrons. The van der Waals surface area contributed by atoms with E-state index >= 15 is 0 Å². The molecule has 2 fully saturated rings. The van der Waals surface area contributed by atoms with Gasteiger partial charge in [0.25, 0.3) is 5.92 Å². The maximum Gasteiger partial charge on any atom is 0.323 e. The number of nitrogens with zero attached hydrogens (tertiary/aromatic N) is 2. The summed E-state index contributed by atoms with van der Waals surface area (Å²) in [7, 11) is 1.94. The molecule has 2 aliphatic rings. The Morgan fingerprint density at radius 1 is 0.923 bits per heavy atom. The van der Waals surface area contributed by atoms with Crippen molar-refractivity contribution in [1.82, 2.24) is 9.88 Å². The Morgan fingerprint density at radius 2 is 1.64 bits per heavy atom. The summed E-state index contributed by atoms with van der Waals surface area (Å²) in [6, 6.07) is 13.4.